The Balaban J connectivity index is 2.33. The lowest BCUT2D eigenvalue weighted by atomic mass is 9.96. The highest BCUT2D eigenvalue weighted by atomic mass is 19.4. The van der Waals surface area contributed by atoms with E-state index in [0.717, 1.165) is 6.07 Å². The summed E-state index contributed by atoms with van der Waals surface area (Å²) in [6.07, 6.45) is -4.33. The first kappa shape index (κ1) is 12.7. The fourth-order valence-corrected chi connectivity index (χ4v) is 2.15. The second kappa shape index (κ2) is 4.19. The van der Waals surface area contributed by atoms with Gasteiger partial charge in [-0.2, -0.15) is 13.2 Å². The minimum Gasteiger partial charge on any atom is -0.481 e. The van der Waals surface area contributed by atoms with Crippen LogP contribution in [0.15, 0.2) is 18.2 Å². The number of fused-ring (bicyclic) bond motifs is 1. The van der Waals surface area contributed by atoms with Crippen molar-refractivity contribution in [1.82, 2.24) is 0 Å². The van der Waals surface area contributed by atoms with Crippen LogP contribution >= 0.6 is 0 Å². The third kappa shape index (κ3) is 2.14. The van der Waals surface area contributed by atoms with E-state index < -0.39 is 29.7 Å². The molecule has 0 aliphatic carbocycles. The summed E-state index contributed by atoms with van der Waals surface area (Å²) in [6, 6.07) is 3.39. The van der Waals surface area contributed by atoms with Crippen molar-refractivity contribution in [2.24, 2.45) is 5.92 Å². The van der Waals surface area contributed by atoms with Gasteiger partial charge in [-0.1, -0.05) is 6.07 Å². The van der Waals surface area contributed by atoms with Crippen molar-refractivity contribution < 1.29 is 23.1 Å². The number of halogens is 3. The fourth-order valence-electron chi connectivity index (χ4n) is 2.15. The molecule has 2 unspecified atom stereocenters. The summed E-state index contributed by atoms with van der Waals surface area (Å²) in [6.45, 7) is 1.49. The third-order valence-electron chi connectivity index (χ3n) is 3.24. The zero-order valence-electron chi connectivity index (χ0n) is 9.58. The SMILES string of the molecule is CC(C(=O)O)C1Cc2c(cccc2C(F)(F)F)N1. The number of hydrogen-bond donors (Lipinski definition) is 2. The van der Waals surface area contributed by atoms with E-state index in [0.29, 0.717) is 5.69 Å². The normalized spacial score (nSPS) is 20.1. The van der Waals surface area contributed by atoms with E-state index in [1.165, 1.54) is 13.0 Å². The molecule has 0 amide bonds. The highest BCUT2D eigenvalue weighted by Crippen LogP contribution is 2.39. The van der Waals surface area contributed by atoms with Crippen LogP contribution in [0.5, 0.6) is 0 Å². The molecule has 98 valence electrons. The fraction of sp³-hybridized carbons (Fsp3) is 0.417. The van der Waals surface area contributed by atoms with Gasteiger partial charge in [-0.3, -0.25) is 4.79 Å². The molecule has 18 heavy (non-hydrogen) atoms. The summed E-state index contributed by atoms with van der Waals surface area (Å²) in [7, 11) is 0. The van der Waals surface area contributed by atoms with Gasteiger partial charge in [0.15, 0.2) is 0 Å². The molecule has 0 fully saturated rings. The molecule has 0 spiro atoms. The van der Waals surface area contributed by atoms with Gasteiger partial charge in [-0.05, 0) is 31.0 Å². The second-order valence-electron chi connectivity index (χ2n) is 4.41. The van der Waals surface area contributed by atoms with E-state index in [2.05, 4.69) is 5.32 Å². The summed E-state index contributed by atoms with van der Waals surface area (Å²) >= 11 is 0. The van der Waals surface area contributed by atoms with Crippen molar-refractivity contribution in [1.29, 1.82) is 0 Å². The standard InChI is InChI=1S/C12H12F3NO2/c1-6(11(17)18)10-5-7-8(12(13,14)15)3-2-4-9(7)16-10/h2-4,6,10,16H,5H2,1H3,(H,17,18). The number of carboxylic acids is 1. The number of hydrogen-bond acceptors (Lipinski definition) is 2. The van der Waals surface area contributed by atoms with Crippen molar-refractivity contribution in [3.8, 4) is 0 Å². The minimum atomic E-state index is -4.41. The number of nitrogens with one attached hydrogen (secondary N) is 1. The highest BCUT2D eigenvalue weighted by molar-refractivity contribution is 5.73. The maximum absolute atomic E-state index is 12.8. The number of anilines is 1. The molecule has 6 heteroatoms. The quantitative estimate of drug-likeness (QED) is 0.858. The number of rotatable bonds is 2. The largest absolute Gasteiger partial charge is 0.481 e. The molecule has 0 saturated heterocycles. The highest BCUT2D eigenvalue weighted by Gasteiger charge is 2.38. The van der Waals surface area contributed by atoms with Crippen LogP contribution in [0.2, 0.25) is 0 Å². The van der Waals surface area contributed by atoms with Crippen LogP contribution in [0.3, 0.4) is 0 Å². The van der Waals surface area contributed by atoms with Crippen molar-refractivity contribution in [3.63, 3.8) is 0 Å². The van der Waals surface area contributed by atoms with Crippen molar-refractivity contribution in [2.75, 3.05) is 5.32 Å². The van der Waals surface area contributed by atoms with Crippen molar-refractivity contribution >= 4 is 11.7 Å². The Morgan fingerprint density at radius 1 is 1.50 bits per heavy atom. The van der Waals surface area contributed by atoms with E-state index in [-0.39, 0.29) is 12.0 Å². The molecule has 1 aliphatic heterocycles. The smallest absolute Gasteiger partial charge is 0.416 e. The van der Waals surface area contributed by atoms with Crippen LogP contribution in [0.4, 0.5) is 18.9 Å². The zero-order chi connectivity index (χ0) is 13.5. The van der Waals surface area contributed by atoms with Gasteiger partial charge in [-0.25, -0.2) is 0 Å². The lowest BCUT2D eigenvalue weighted by Gasteiger charge is -2.15. The summed E-state index contributed by atoms with van der Waals surface area (Å²) in [5.41, 5.74) is -0.154. The molecule has 2 N–H and O–H groups in total. The first-order chi connectivity index (χ1) is 8.30. The van der Waals surface area contributed by atoms with Gasteiger partial charge in [0.1, 0.15) is 0 Å². The lowest BCUT2D eigenvalue weighted by molar-refractivity contribution is -0.141. The van der Waals surface area contributed by atoms with E-state index in [1.54, 1.807) is 6.07 Å². The summed E-state index contributed by atoms with van der Waals surface area (Å²) in [4.78, 5) is 10.9. The average Bonchev–Trinajstić information content (AvgIpc) is 2.69. The maximum Gasteiger partial charge on any atom is 0.416 e. The van der Waals surface area contributed by atoms with E-state index in [4.69, 9.17) is 5.11 Å². The molecule has 0 bridgehead atoms. The average molecular weight is 259 g/mol. The molecule has 3 nitrogen and oxygen atoms in total. The van der Waals surface area contributed by atoms with Gasteiger partial charge in [-0.15, -0.1) is 0 Å². The Hall–Kier alpha value is -1.72. The Morgan fingerprint density at radius 2 is 2.17 bits per heavy atom. The van der Waals surface area contributed by atoms with Crippen LogP contribution < -0.4 is 5.32 Å². The topological polar surface area (TPSA) is 49.3 Å². The molecule has 0 aromatic heterocycles. The Labute approximate surface area is 102 Å². The summed E-state index contributed by atoms with van der Waals surface area (Å²) < 4.78 is 38.4. The summed E-state index contributed by atoms with van der Waals surface area (Å²) in [5.74, 6) is -1.76. The van der Waals surface area contributed by atoms with Crippen LogP contribution in [0.25, 0.3) is 0 Å². The number of benzene rings is 1. The maximum atomic E-state index is 12.8. The molecule has 2 rings (SSSR count). The van der Waals surface area contributed by atoms with E-state index >= 15 is 0 Å². The molecule has 1 aromatic rings. The first-order valence-electron chi connectivity index (χ1n) is 5.49. The van der Waals surface area contributed by atoms with Crippen LogP contribution in [-0.4, -0.2) is 17.1 Å². The Morgan fingerprint density at radius 3 is 2.72 bits per heavy atom. The minimum absolute atomic E-state index is 0.0818. The van der Waals surface area contributed by atoms with Gasteiger partial charge in [0.05, 0.1) is 11.5 Å². The predicted octanol–water partition coefficient (Wildman–Crippen LogP) is 2.76. The zero-order valence-corrected chi connectivity index (χ0v) is 9.58. The lowest BCUT2D eigenvalue weighted by Crippen LogP contribution is -2.30. The number of alkyl halides is 3. The van der Waals surface area contributed by atoms with Gasteiger partial charge < -0.3 is 10.4 Å². The monoisotopic (exact) mass is 259 g/mol. The second-order valence-corrected chi connectivity index (χ2v) is 4.41. The van der Waals surface area contributed by atoms with Crippen LogP contribution in [0, 0.1) is 5.92 Å². The van der Waals surface area contributed by atoms with E-state index in [9.17, 15) is 18.0 Å². The summed E-state index contributed by atoms with van der Waals surface area (Å²) in [5, 5.41) is 11.7. The Bertz CT molecular complexity index is 485. The molecular formula is C12H12F3NO2. The molecule has 2 atom stereocenters. The molecule has 0 saturated carbocycles. The Kier molecular flexibility index (Phi) is 2.96. The number of carbonyl (C=O) groups is 1. The van der Waals surface area contributed by atoms with Crippen LogP contribution in [-0.2, 0) is 17.4 Å². The predicted molar refractivity (Wildman–Crippen MR) is 59.4 cm³/mol. The van der Waals surface area contributed by atoms with Gasteiger partial charge in [0.25, 0.3) is 0 Å². The molecule has 1 aliphatic rings. The van der Waals surface area contributed by atoms with Gasteiger partial charge >= 0.3 is 12.1 Å². The van der Waals surface area contributed by atoms with Gasteiger partial charge in [0.2, 0.25) is 0 Å². The third-order valence-corrected chi connectivity index (χ3v) is 3.24. The molecule has 0 radical (unpaired) electrons. The van der Waals surface area contributed by atoms with Crippen LogP contribution in [0.1, 0.15) is 18.1 Å². The van der Waals surface area contributed by atoms with Crippen molar-refractivity contribution in [2.45, 2.75) is 25.6 Å². The number of aliphatic carboxylic acids is 1. The molecule has 1 heterocycles. The van der Waals surface area contributed by atoms with E-state index in [1.807, 2.05) is 0 Å². The molecule has 1 aromatic carbocycles. The first-order valence-corrected chi connectivity index (χ1v) is 5.49. The number of carboxylic acid groups (broad SMARTS) is 1. The molecular weight excluding hydrogens is 247 g/mol. The van der Waals surface area contributed by atoms with Gasteiger partial charge in [0, 0.05) is 11.7 Å². The van der Waals surface area contributed by atoms with Crippen molar-refractivity contribution in [3.05, 3.63) is 29.3 Å².